The summed E-state index contributed by atoms with van der Waals surface area (Å²) in [6.07, 6.45) is 0.516. The van der Waals surface area contributed by atoms with E-state index in [4.69, 9.17) is 4.74 Å². The fraction of sp³-hybridized carbons (Fsp3) is 0.533. The lowest BCUT2D eigenvalue weighted by molar-refractivity contribution is -0.120. The Labute approximate surface area is 110 Å². The first kappa shape index (κ1) is 14.6. The number of rotatable bonds is 4. The SMILES string of the molecule is CCC(=O)NCc1ccc(OC)c(C(C)(C)C)c1. The smallest absolute Gasteiger partial charge is 0.219 e. The van der Waals surface area contributed by atoms with Crippen LogP contribution in [0.4, 0.5) is 0 Å². The zero-order chi connectivity index (χ0) is 13.8. The van der Waals surface area contributed by atoms with Gasteiger partial charge in [0.15, 0.2) is 0 Å². The predicted octanol–water partition coefficient (Wildman–Crippen LogP) is 3.02. The maximum atomic E-state index is 11.3. The highest BCUT2D eigenvalue weighted by Crippen LogP contribution is 2.31. The minimum atomic E-state index is 0.0239. The van der Waals surface area contributed by atoms with Crippen molar-refractivity contribution in [3.05, 3.63) is 29.3 Å². The maximum absolute atomic E-state index is 11.3. The van der Waals surface area contributed by atoms with Crippen LogP contribution in [0.2, 0.25) is 0 Å². The lowest BCUT2D eigenvalue weighted by Gasteiger charge is -2.23. The quantitative estimate of drug-likeness (QED) is 0.890. The van der Waals surface area contributed by atoms with Crippen LogP contribution in [-0.4, -0.2) is 13.0 Å². The number of carbonyl (C=O) groups is 1. The summed E-state index contributed by atoms with van der Waals surface area (Å²) in [6.45, 7) is 8.88. The Morgan fingerprint density at radius 1 is 1.33 bits per heavy atom. The molecule has 0 bridgehead atoms. The van der Waals surface area contributed by atoms with Crippen LogP contribution < -0.4 is 10.1 Å². The normalized spacial score (nSPS) is 11.2. The van der Waals surface area contributed by atoms with Crippen molar-refractivity contribution >= 4 is 5.91 Å². The highest BCUT2D eigenvalue weighted by molar-refractivity contribution is 5.75. The molecule has 0 fully saturated rings. The fourth-order valence-corrected chi connectivity index (χ4v) is 1.78. The van der Waals surface area contributed by atoms with Crippen molar-refractivity contribution in [2.24, 2.45) is 0 Å². The van der Waals surface area contributed by atoms with Gasteiger partial charge in [-0.15, -0.1) is 0 Å². The van der Waals surface area contributed by atoms with Gasteiger partial charge in [0.1, 0.15) is 5.75 Å². The Morgan fingerprint density at radius 2 is 2.00 bits per heavy atom. The Hall–Kier alpha value is -1.51. The summed E-state index contributed by atoms with van der Waals surface area (Å²) in [7, 11) is 1.68. The maximum Gasteiger partial charge on any atom is 0.219 e. The average molecular weight is 249 g/mol. The van der Waals surface area contributed by atoms with Crippen LogP contribution in [0, 0.1) is 0 Å². The van der Waals surface area contributed by atoms with Gasteiger partial charge in [-0.1, -0.05) is 33.8 Å². The second-order valence-corrected chi connectivity index (χ2v) is 5.41. The van der Waals surface area contributed by atoms with Crippen LogP contribution in [-0.2, 0) is 16.8 Å². The fourth-order valence-electron chi connectivity index (χ4n) is 1.78. The number of hydrogen-bond acceptors (Lipinski definition) is 2. The summed E-state index contributed by atoms with van der Waals surface area (Å²) in [5.74, 6) is 0.969. The third-order valence-electron chi connectivity index (χ3n) is 2.88. The molecular weight excluding hydrogens is 226 g/mol. The van der Waals surface area contributed by atoms with E-state index in [2.05, 4.69) is 32.2 Å². The van der Waals surface area contributed by atoms with Gasteiger partial charge in [-0.2, -0.15) is 0 Å². The predicted molar refractivity (Wildman–Crippen MR) is 73.8 cm³/mol. The molecule has 0 unspecified atom stereocenters. The van der Waals surface area contributed by atoms with E-state index in [0.29, 0.717) is 13.0 Å². The van der Waals surface area contributed by atoms with Crippen molar-refractivity contribution in [1.82, 2.24) is 5.32 Å². The Bertz CT molecular complexity index is 419. The van der Waals surface area contributed by atoms with Gasteiger partial charge in [0.05, 0.1) is 7.11 Å². The summed E-state index contributed by atoms with van der Waals surface area (Å²) in [4.78, 5) is 11.3. The van der Waals surface area contributed by atoms with Crippen LogP contribution in [0.3, 0.4) is 0 Å². The van der Waals surface area contributed by atoms with Crippen LogP contribution in [0.1, 0.15) is 45.2 Å². The molecule has 1 aromatic carbocycles. The molecule has 0 radical (unpaired) electrons. The van der Waals surface area contributed by atoms with E-state index in [0.717, 1.165) is 16.9 Å². The molecule has 0 aromatic heterocycles. The standard InChI is InChI=1S/C15H23NO2/c1-6-14(17)16-10-11-7-8-13(18-5)12(9-11)15(2,3)4/h7-9H,6,10H2,1-5H3,(H,16,17). The van der Waals surface area contributed by atoms with Crippen LogP contribution in [0.15, 0.2) is 18.2 Å². The summed E-state index contributed by atoms with van der Waals surface area (Å²) in [5.41, 5.74) is 2.28. The molecule has 18 heavy (non-hydrogen) atoms. The van der Waals surface area contributed by atoms with E-state index in [1.807, 2.05) is 19.1 Å². The Kier molecular flexibility index (Phi) is 4.76. The lowest BCUT2D eigenvalue weighted by Crippen LogP contribution is -2.22. The molecule has 0 atom stereocenters. The second-order valence-electron chi connectivity index (χ2n) is 5.41. The van der Waals surface area contributed by atoms with Crippen LogP contribution >= 0.6 is 0 Å². The van der Waals surface area contributed by atoms with E-state index in [-0.39, 0.29) is 11.3 Å². The summed E-state index contributed by atoms with van der Waals surface area (Å²) >= 11 is 0. The average Bonchev–Trinajstić information content (AvgIpc) is 2.34. The van der Waals surface area contributed by atoms with Gasteiger partial charge in [-0.25, -0.2) is 0 Å². The van der Waals surface area contributed by atoms with Gasteiger partial charge in [-0.3, -0.25) is 4.79 Å². The molecule has 0 saturated heterocycles. The van der Waals surface area contributed by atoms with E-state index >= 15 is 0 Å². The van der Waals surface area contributed by atoms with Crippen LogP contribution in [0.5, 0.6) is 5.75 Å². The molecular formula is C15H23NO2. The number of carbonyl (C=O) groups excluding carboxylic acids is 1. The molecule has 3 heteroatoms. The largest absolute Gasteiger partial charge is 0.496 e. The minimum absolute atomic E-state index is 0.0239. The van der Waals surface area contributed by atoms with Gasteiger partial charge in [0.25, 0.3) is 0 Å². The highest BCUT2D eigenvalue weighted by Gasteiger charge is 2.19. The monoisotopic (exact) mass is 249 g/mol. The molecule has 0 saturated carbocycles. The topological polar surface area (TPSA) is 38.3 Å². The molecule has 0 aliphatic rings. The van der Waals surface area contributed by atoms with Gasteiger partial charge in [0.2, 0.25) is 5.91 Å². The van der Waals surface area contributed by atoms with Gasteiger partial charge in [0, 0.05) is 13.0 Å². The van der Waals surface area contributed by atoms with Crippen molar-refractivity contribution in [3.63, 3.8) is 0 Å². The van der Waals surface area contributed by atoms with Crippen LogP contribution in [0.25, 0.3) is 0 Å². The number of amides is 1. The van der Waals surface area contributed by atoms with Gasteiger partial charge >= 0.3 is 0 Å². The van der Waals surface area contributed by atoms with Crippen molar-refractivity contribution in [3.8, 4) is 5.75 Å². The molecule has 0 aliphatic heterocycles. The number of nitrogens with one attached hydrogen (secondary N) is 1. The zero-order valence-corrected chi connectivity index (χ0v) is 12.0. The molecule has 0 heterocycles. The number of ether oxygens (including phenoxy) is 1. The minimum Gasteiger partial charge on any atom is -0.496 e. The summed E-state index contributed by atoms with van der Waals surface area (Å²) in [6, 6.07) is 6.06. The van der Waals surface area contributed by atoms with E-state index in [1.54, 1.807) is 7.11 Å². The molecule has 1 N–H and O–H groups in total. The first-order valence-electron chi connectivity index (χ1n) is 6.32. The molecule has 3 nitrogen and oxygen atoms in total. The molecule has 100 valence electrons. The van der Waals surface area contributed by atoms with Crippen molar-refractivity contribution in [2.75, 3.05) is 7.11 Å². The molecule has 1 amide bonds. The Balaban J connectivity index is 2.93. The zero-order valence-electron chi connectivity index (χ0n) is 12.0. The number of hydrogen-bond donors (Lipinski definition) is 1. The molecule has 0 spiro atoms. The summed E-state index contributed by atoms with van der Waals surface area (Å²) < 4.78 is 5.39. The highest BCUT2D eigenvalue weighted by atomic mass is 16.5. The molecule has 0 aliphatic carbocycles. The van der Waals surface area contributed by atoms with Gasteiger partial charge < -0.3 is 10.1 Å². The summed E-state index contributed by atoms with van der Waals surface area (Å²) in [5, 5.41) is 2.89. The van der Waals surface area contributed by atoms with Crippen molar-refractivity contribution < 1.29 is 9.53 Å². The number of methoxy groups -OCH3 is 1. The Morgan fingerprint density at radius 3 is 2.50 bits per heavy atom. The van der Waals surface area contributed by atoms with E-state index in [9.17, 15) is 4.79 Å². The van der Waals surface area contributed by atoms with Gasteiger partial charge in [-0.05, 0) is 28.7 Å². The first-order chi connectivity index (χ1) is 8.38. The van der Waals surface area contributed by atoms with E-state index in [1.165, 1.54) is 0 Å². The number of benzene rings is 1. The van der Waals surface area contributed by atoms with Crippen molar-refractivity contribution in [2.45, 2.75) is 46.1 Å². The molecule has 1 aromatic rings. The third-order valence-corrected chi connectivity index (χ3v) is 2.88. The first-order valence-corrected chi connectivity index (χ1v) is 6.32. The third kappa shape index (κ3) is 3.76. The second kappa shape index (κ2) is 5.89. The lowest BCUT2D eigenvalue weighted by atomic mass is 9.85. The van der Waals surface area contributed by atoms with Crippen molar-refractivity contribution in [1.29, 1.82) is 0 Å². The van der Waals surface area contributed by atoms with E-state index < -0.39 is 0 Å². The molecule has 1 rings (SSSR count).